The second kappa shape index (κ2) is 10.5. The molecular formula is C22H26N2O4S2. The van der Waals surface area contributed by atoms with Gasteiger partial charge in [0.25, 0.3) is 5.91 Å². The summed E-state index contributed by atoms with van der Waals surface area (Å²) in [5, 5.41) is 6.48. The largest absolute Gasteiger partial charge is 0.493 e. The summed E-state index contributed by atoms with van der Waals surface area (Å²) in [6.07, 6.45) is 5.85. The normalized spacial score (nSPS) is 12.6. The summed E-state index contributed by atoms with van der Waals surface area (Å²) in [5.41, 5.74) is 1.97. The van der Waals surface area contributed by atoms with Crippen LogP contribution >= 0.6 is 23.6 Å². The molecule has 0 spiro atoms. The molecule has 2 N–H and O–H groups in total. The van der Waals surface area contributed by atoms with Gasteiger partial charge in [0, 0.05) is 4.88 Å². The Morgan fingerprint density at radius 3 is 2.73 bits per heavy atom. The van der Waals surface area contributed by atoms with Crippen LogP contribution < -0.4 is 15.4 Å². The Balaban J connectivity index is 1.73. The predicted octanol–water partition coefficient (Wildman–Crippen LogP) is 4.72. The highest BCUT2D eigenvalue weighted by atomic mass is 32.1. The quantitative estimate of drug-likeness (QED) is 0.364. The zero-order chi connectivity index (χ0) is 21.5. The van der Waals surface area contributed by atoms with Gasteiger partial charge in [-0.25, -0.2) is 4.79 Å². The number of fused-ring (bicyclic) bond motifs is 1. The summed E-state index contributed by atoms with van der Waals surface area (Å²) in [7, 11) is 1.37. The van der Waals surface area contributed by atoms with Crippen molar-refractivity contribution in [3.05, 3.63) is 45.8 Å². The lowest BCUT2D eigenvalue weighted by Gasteiger charge is -2.13. The lowest BCUT2D eigenvalue weighted by atomic mass is 9.95. The lowest BCUT2D eigenvalue weighted by molar-refractivity contribution is 0.0601. The van der Waals surface area contributed by atoms with Crippen LogP contribution in [0.2, 0.25) is 0 Å². The second-order valence-corrected chi connectivity index (χ2v) is 8.53. The van der Waals surface area contributed by atoms with Crippen LogP contribution in [0.4, 0.5) is 5.00 Å². The minimum absolute atomic E-state index is 0.132. The van der Waals surface area contributed by atoms with Gasteiger partial charge >= 0.3 is 5.97 Å². The van der Waals surface area contributed by atoms with Crippen LogP contribution in [0.1, 0.15) is 63.8 Å². The molecule has 0 aliphatic heterocycles. The van der Waals surface area contributed by atoms with E-state index in [0.29, 0.717) is 28.5 Å². The molecule has 1 heterocycles. The average Bonchev–Trinajstić information content (AvgIpc) is 3.11. The standard InChI is InChI=1S/C22H26N2O4S2/c1-3-4-13-28-16-11-7-5-9-14(16)19(25)23-22(29)24-20-18(21(26)27-2)15-10-6-8-12-17(15)30-20/h5,7,9,11H,3-4,6,8,10,12-13H2,1-2H3,(H2,23,24,25,29). The number of methoxy groups -OCH3 is 1. The van der Waals surface area contributed by atoms with Gasteiger partial charge in [0.1, 0.15) is 10.8 Å². The van der Waals surface area contributed by atoms with E-state index >= 15 is 0 Å². The van der Waals surface area contributed by atoms with Gasteiger partial charge in [0.15, 0.2) is 5.11 Å². The number of hydrogen-bond donors (Lipinski definition) is 2. The highest BCUT2D eigenvalue weighted by Crippen LogP contribution is 2.38. The van der Waals surface area contributed by atoms with Crippen molar-refractivity contribution in [2.45, 2.75) is 45.4 Å². The maximum Gasteiger partial charge on any atom is 0.341 e. The molecule has 0 fully saturated rings. The van der Waals surface area contributed by atoms with Crippen LogP contribution in [0.3, 0.4) is 0 Å². The first-order valence-corrected chi connectivity index (χ1v) is 11.3. The summed E-state index contributed by atoms with van der Waals surface area (Å²) < 4.78 is 10.7. The Bertz CT molecular complexity index is 939. The number of nitrogens with one attached hydrogen (secondary N) is 2. The number of anilines is 1. The number of rotatable bonds is 7. The summed E-state index contributed by atoms with van der Waals surface area (Å²) in [4.78, 5) is 26.3. The summed E-state index contributed by atoms with van der Waals surface area (Å²) in [5.74, 6) is -0.227. The molecule has 30 heavy (non-hydrogen) atoms. The Morgan fingerprint density at radius 1 is 1.20 bits per heavy atom. The van der Waals surface area contributed by atoms with Crippen molar-refractivity contribution < 1.29 is 19.1 Å². The third kappa shape index (κ3) is 5.17. The first-order chi connectivity index (χ1) is 14.5. The van der Waals surface area contributed by atoms with Crippen molar-refractivity contribution >= 4 is 45.5 Å². The molecule has 8 heteroatoms. The van der Waals surface area contributed by atoms with E-state index in [2.05, 4.69) is 17.6 Å². The number of carbonyl (C=O) groups is 2. The van der Waals surface area contributed by atoms with E-state index in [-0.39, 0.29) is 17.0 Å². The average molecular weight is 447 g/mol. The fraction of sp³-hybridized carbons (Fsp3) is 0.409. The van der Waals surface area contributed by atoms with Crippen molar-refractivity contribution in [3.8, 4) is 5.75 Å². The van der Waals surface area contributed by atoms with E-state index < -0.39 is 0 Å². The first-order valence-electron chi connectivity index (χ1n) is 10.1. The number of unbranched alkanes of at least 4 members (excludes halogenated alkanes) is 1. The molecule has 1 amide bonds. The van der Waals surface area contributed by atoms with E-state index in [1.54, 1.807) is 18.2 Å². The van der Waals surface area contributed by atoms with Crippen molar-refractivity contribution in [2.75, 3.05) is 19.0 Å². The monoisotopic (exact) mass is 446 g/mol. The van der Waals surface area contributed by atoms with Crippen molar-refractivity contribution in [3.63, 3.8) is 0 Å². The molecule has 1 aliphatic rings. The number of benzene rings is 1. The highest BCUT2D eigenvalue weighted by Gasteiger charge is 2.26. The van der Waals surface area contributed by atoms with Gasteiger partial charge in [-0.2, -0.15) is 0 Å². The van der Waals surface area contributed by atoms with Gasteiger partial charge in [0.05, 0.1) is 24.8 Å². The van der Waals surface area contributed by atoms with Gasteiger partial charge in [-0.05, 0) is 62.0 Å². The number of para-hydroxylation sites is 1. The summed E-state index contributed by atoms with van der Waals surface area (Å²) in [6.45, 7) is 2.63. The molecule has 1 aliphatic carbocycles. The molecule has 0 unspecified atom stereocenters. The van der Waals surface area contributed by atoms with Gasteiger partial charge in [-0.3, -0.25) is 10.1 Å². The Labute approximate surface area is 186 Å². The number of amides is 1. The van der Waals surface area contributed by atoms with E-state index in [0.717, 1.165) is 44.1 Å². The fourth-order valence-electron chi connectivity index (χ4n) is 3.38. The van der Waals surface area contributed by atoms with Gasteiger partial charge in [0.2, 0.25) is 0 Å². The molecule has 0 bridgehead atoms. The van der Waals surface area contributed by atoms with E-state index in [1.165, 1.54) is 23.3 Å². The number of thiophene rings is 1. The van der Waals surface area contributed by atoms with Crippen LogP contribution in [0.15, 0.2) is 24.3 Å². The first kappa shape index (κ1) is 22.2. The zero-order valence-electron chi connectivity index (χ0n) is 17.2. The third-order valence-corrected chi connectivity index (χ3v) is 6.31. The van der Waals surface area contributed by atoms with Crippen LogP contribution in [-0.2, 0) is 17.6 Å². The van der Waals surface area contributed by atoms with E-state index in [1.807, 2.05) is 6.07 Å². The van der Waals surface area contributed by atoms with Gasteiger partial charge < -0.3 is 14.8 Å². The van der Waals surface area contributed by atoms with Crippen molar-refractivity contribution in [2.24, 2.45) is 0 Å². The predicted molar refractivity (Wildman–Crippen MR) is 123 cm³/mol. The minimum Gasteiger partial charge on any atom is -0.493 e. The van der Waals surface area contributed by atoms with Crippen LogP contribution in [0, 0.1) is 0 Å². The number of hydrogen-bond acceptors (Lipinski definition) is 6. The van der Waals surface area contributed by atoms with Gasteiger partial charge in [-0.15, -0.1) is 11.3 Å². The number of thiocarbonyl (C=S) groups is 1. The fourth-order valence-corrected chi connectivity index (χ4v) is 4.92. The molecule has 0 radical (unpaired) electrons. The Morgan fingerprint density at radius 2 is 1.97 bits per heavy atom. The van der Waals surface area contributed by atoms with Crippen molar-refractivity contribution in [1.29, 1.82) is 0 Å². The summed E-state index contributed by atoms with van der Waals surface area (Å²) in [6, 6.07) is 7.07. The minimum atomic E-state index is -0.388. The number of carbonyl (C=O) groups excluding carboxylic acids is 2. The van der Waals surface area contributed by atoms with Crippen LogP contribution in [0.5, 0.6) is 5.75 Å². The second-order valence-electron chi connectivity index (χ2n) is 7.01. The smallest absolute Gasteiger partial charge is 0.341 e. The third-order valence-electron chi connectivity index (χ3n) is 4.90. The van der Waals surface area contributed by atoms with E-state index in [4.69, 9.17) is 21.7 Å². The maximum atomic E-state index is 12.8. The molecular weight excluding hydrogens is 420 g/mol. The molecule has 3 rings (SSSR count). The topological polar surface area (TPSA) is 76.7 Å². The number of aryl methyl sites for hydroxylation is 1. The summed E-state index contributed by atoms with van der Waals surface area (Å²) >= 11 is 6.85. The molecule has 160 valence electrons. The Kier molecular flexibility index (Phi) is 7.81. The number of ether oxygens (including phenoxy) is 2. The molecule has 6 nitrogen and oxygen atoms in total. The zero-order valence-corrected chi connectivity index (χ0v) is 18.8. The van der Waals surface area contributed by atoms with Crippen LogP contribution in [-0.4, -0.2) is 30.7 Å². The van der Waals surface area contributed by atoms with Gasteiger partial charge in [-0.1, -0.05) is 25.5 Å². The molecule has 1 aromatic heterocycles. The molecule has 0 saturated heterocycles. The SMILES string of the molecule is CCCCOc1ccccc1C(=O)NC(=S)Nc1sc2c(c1C(=O)OC)CCCC2. The highest BCUT2D eigenvalue weighted by molar-refractivity contribution is 7.80. The number of esters is 1. The van der Waals surface area contributed by atoms with E-state index in [9.17, 15) is 9.59 Å². The maximum absolute atomic E-state index is 12.8. The molecule has 0 atom stereocenters. The molecule has 1 aromatic carbocycles. The van der Waals surface area contributed by atoms with Crippen LogP contribution in [0.25, 0.3) is 0 Å². The van der Waals surface area contributed by atoms with Crippen molar-refractivity contribution in [1.82, 2.24) is 5.32 Å². The Hall–Kier alpha value is -2.45. The molecule has 0 saturated carbocycles. The lowest BCUT2D eigenvalue weighted by Crippen LogP contribution is -2.34. The molecule has 2 aromatic rings.